The van der Waals surface area contributed by atoms with Gasteiger partial charge in [0.15, 0.2) is 5.78 Å². The Bertz CT molecular complexity index is 821. The van der Waals surface area contributed by atoms with Gasteiger partial charge in [-0.3, -0.25) is 9.59 Å². The Morgan fingerprint density at radius 3 is 2.43 bits per heavy atom. The summed E-state index contributed by atoms with van der Waals surface area (Å²) < 4.78 is 5.36. The van der Waals surface area contributed by atoms with Crippen molar-refractivity contribution in [1.29, 1.82) is 0 Å². The molecule has 2 N–H and O–H groups in total. The van der Waals surface area contributed by atoms with E-state index in [4.69, 9.17) is 4.74 Å². The summed E-state index contributed by atoms with van der Waals surface area (Å²) in [6, 6.07) is 13.6. The molecule has 0 aliphatic rings. The minimum atomic E-state index is -0.00121. The molecule has 0 radical (unpaired) electrons. The molecule has 2 aromatic carbocycles. The number of carbonyl (C=O) groups is 2. The third kappa shape index (κ3) is 6.69. The molecular weight excluding hydrogens is 372 g/mol. The van der Waals surface area contributed by atoms with Crippen molar-refractivity contribution >= 4 is 23.5 Å². The van der Waals surface area contributed by atoms with Crippen molar-refractivity contribution in [1.82, 2.24) is 5.32 Å². The normalized spacial score (nSPS) is 10.8. The lowest BCUT2D eigenvalue weighted by molar-refractivity contribution is -0.872. The maximum absolute atomic E-state index is 12.2. The molecule has 0 aliphatic heterocycles. The number of rotatable bonds is 10. The highest BCUT2D eigenvalue weighted by Crippen LogP contribution is 2.24. The van der Waals surface area contributed by atoms with Gasteiger partial charge >= 0.3 is 0 Å². The number of ether oxygens (including phenoxy) is 1. The zero-order chi connectivity index (χ0) is 20.5. The van der Waals surface area contributed by atoms with Gasteiger partial charge in [0, 0.05) is 29.0 Å². The lowest BCUT2D eigenvalue weighted by atomic mass is 10.1. The van der Waals surface area contributed by atoms with E-state index >= 15 is 0 Å². The SMILES string of the molecule is COc1ccc(C(C)=O)cc1CSCC(=O)NCc1ccccc1C[NH+](C)C. The predicted molar refractivity (Wildman–Crippen MR) is 114 cm³/mol. The number of hydrogen-bond acceptors (Lipinski definition) is 4. The van der Waals surface area contributed by atoms with Crippen molar-refractivity contribution in [3.8, 4) is 5.75 Å². The van der Waals surface area contributed by atoms with Crippen LogP contribution in [-0.2, 0) is 23.6 Å². The van der Waals surface area contributed by atoms with Crippen molar-refractivity contribution < 1.29 is 19.2 Å². The summed E-state index contributed by atoms with van der Waals surface area (Å²) in [5.41, 5.74) is 3.98. The lowest BCUT2D eigenvalue weighted by Gasteiger charge is -2.13. The molecule has 2 rings (SSSR count). The summed E-state index contributed by atoms with van der Waals surface area (Å²) in [6.45, 7) is 3.00. The van der Waals surface area contributed by atoms with E-state index in [1.54, 1.807) is 26.2 Å². The molecule has 0 unspecified atom stereocenters. The fourth-order valence-corrected chi connectivity index (χ4v) is 3.73. The standard InChI is InChI=1S/C22H28N2O3S/c1-16(25)17-9-10-21(27-4)20(11-17)14-28-15-22(26)23-12-18-7-5-6-8-19(18)13-24(2)3/h5-11H,12-15H2,1-4H3,(H,23,26)/p+1. The molecule has 2 aromatic rings. The van der Waals surface area contributed by atoms with Crippen LogP contribution in [0.2, 0.25) is 0 Å². The summed E-state index contributed by atoms with van der Waals surface area (Å²) in [7, 11) is 5.83. The summed E-state index contributed by atoms with van der Waals surface area (Å²) in [5, 5.41) is 3.00. The fraction of sp³-hybridized carbons (Fsp3) is 0.364. The van der Waals surface area contributed by atoms with Crippen molar-refractivity contribution in [2.24, 2.45) is 0 Å². The molecular formula is C22H29N2O3S+. The number of methoxy groups -OCH3 is 1. The van der Waals surface area contributed by atoms with Crippen LogP contribution in [0.5, 0.6) is 5.75 Å². The number of thioether (sulfide) groups is 1. The predicted octanol–water partition coefficient (Wildman–Crippen LogP) is 2.09. The topological polar surface area (TPSA) is 59.8 Å². The van der Waals surface area contributed by atoms with Crippen LogP contribution < -0.4 is 15.0 Å². The van der Waals surface area contributed by atoms with Gasteiger partial charge in [0.25, 0.3) is 0 Å². The van der Waals surface area contributed by atoms with Gasteiger partial charge in [0.1, 0.15) is 12.3 Å². The second-order valence-electron chi connectivity index (χ2n) is 7.00. The smallest absolute Gasteiger partial charge is 0.230 e. The Kier molecular flexibility index (Phi) is 8.54. The van der Waals surface area contributed by atoms with Gasteiger partial charge in [-0.15, -0.1) is 11.8 Å². The van der Waals surface area contributed by atoms with Gasteiger partial charge in [0.2, 0.25) is 5.91 Å². The molecule has 0 spiro atoms. The van der Waals surface area contributed by atoms with E-state index in [2.05, 4.69) is 31.5 Å². The molecule has 150 valence electrons. The average molecular weight is 402 g/mol. The van der Waals surface area contributed by atoms with E-state index < -0.39 is 0 Å². The van der Waals surface area contributed by atoms with Gasteiger partial charge in [-0.25, -0.2) is 0 Å². The number of ketones is 1. The molecule has 28 heavy (non-hydrogen) atoms. The van der Waals surface area contributed by atoms with Gasteiger partial charge < -0.3 is 15.0 Å². The summed E-state index contributed by atoms with van der Waals surface area (Å²) >= 11 is 1.51. The van der Waals surface area contributed by atoms with Crippen LogP contribution in [0.3, 0.4) is 0 Å². The number of nitrogens with one attached hydrogen (secondary N) is 2. The van der Waals surface area contributed by atoms with E-state index in [1.165, 1.54) is 22.2 Å². The minimum absolute atomic E-state index is 0.00121. The molecule has 5 nitrogen and oxygen atoms in total. The van der Waals surface area contributed by atoms with Crippen LogP contribution in [0.15, 0.2) is 42.5 Å². The molecule has 0 bridgehead atoms. The Labute approximate surface area is 171 Å². The van der Waals surface area contributed by atoms with Gasteiger partial charge in [0.05, 0.1) is 27.0 Å². The lowest BCUT2D eigenvalue weighted by Crippen LogP contribution is -3.04. The number of carbonyl (C=O) groups excluding carboxylic acids is 2. The number of Topliss-reactive ketones (excluding diaryl/α,β-unsaturated/α-hetero) is 1. The third-order valence-electron chi connectivity index (χ3n) is 4.32. The first-order valence-corrected chi connectivity index (χ1v) is 10.4. The maximum atomic E-state index is 12.2. The highest BCUT2D eigenvalue weighted by Gasteiger charge is 2.10. The monoisotopic (exact) mass is 401 g/mol. The number of hydrogen-bond donors (Lipinski definition) is 2. The highest BCUT2D eigenvalue weighted by atomic mass is 32.2. The molecule has 0 aliphatic carbocycles. The van der Waals surface area contributed by atoms with Crippen LogP contribution in [0.4, 0.5) is 0 Å². The van der Waals surface area contributed by atoms with E-state index in [1.807, 2.05) is 18.2 Å². The Balaban J connectivity index is 1.87. The van der Waals surface area contributed by atoms with Crippen LogP contribution in [0.1, 0.15) is 34.0 Å². The van der Waals surface area contributed by atoms with Crippen LogP contribution in [-0.4, -0.2) is 38.6 Å². The molecule has 0 aromatic heterocycles. The highest BCUT2D eigenvalue weighted by molar-refractivity contribution is 7.99. The molecule has 1 amide bonds. The van der Waals surface area contributed by atoms with Crippen molar-refractivity contribution in [3.05, 3.63) is 64.7 Å². The first-order valence-electron chi connectivity index (χ1n) is 9.28. The van der Waals surface area contributed by atoms with Crippen molar-refractivity contribution in [2.75, 3.05) is 27.0 Å². The zero-order valence-electron chi connectivity index (χ0n) is 17.0. The van der Waals surface area contributed by atoms with Gasteiger partial charge in [-0.2, -0.15) is 0 Å². The quantitative estimate of drug-likeness (QED) is 0.599. The summed E-state index contributed by atoms with van der Waals surface area (Å²) in [4.78, 5) is 25.2. The van der Waals surface area contributed by atoms with E-state index in [0.29, 0.717) is 23.6 Å². The van der Waals surface area contributed by atoms with Gasteiger partial charge in [-0.05, 0) is 30.7 Å². The van der Waals surface area contributed by atoms with Crippen LogP contribution in [0, 0.1) is 0 Å². The molecule has 0 saturated heterocycles. The van der Waals surface area contributed by atoms with E-state index in [0.717, 1.165) is 23.4 Å². The third-order valence-corrected chi connectivity index (χ3v) is 5.30. The average Bonchev–Trinajstić information content (AvgIpc) is 2.66. The maximum Gasteiger partial charge on any atom is 0.230 e. The van der Waals surface area contributed by atoms with E-state index in [-0.39, 0.29) is 11.7 Å². The van der Waals surface area contributed by atoms with Gasteiger partial charge in [-0.1, -0.05) is 24.3 Å². The molecule has 0 heterocycles. The second-order valence-corrected chi connectivity index (χ2v) is 7.99. The molecule has 0 fully saturated rings. The van der Waals surface area contributed by atoms with Crippen molar-refractivity contribution in [2.45, 2.75) is 25.8 Å². The van der Waals surface area contributed by atoms with E-state index in [9.17, 15) is 9.59 Å². The van der Waals surface area contributed by atoms with Crippen LogP contribution in [0.25, 0.3) is 0 Å². The molecule has 0 saturated carbocycles. The second kappa shape index (κ2) is 10.9. The molecule has 6 heteroatoms. The summed E-state index contributed by atoms with van der Waals surface area (Å²) in [5.74, 6) is 1.72. The number of quaternary nitrogens is 1. The van der Waals surface area contributed by atoms with Crippen molar-refractivity contribution in [3.63, 3.8) is 0 Å². The fourth-order valence-electron chi connectivity index (χ4n) is 2.89. The number of amides is 1. The zero-order valence-corrected chi connectivity index (χ0v) is 17.8. The Morgan fingerprint density at radius 2 is 1.79 bits per heavy atom. The first-order chi connectivity index (χ1) is 13.4. The number of benzene rings is 2. The summed E-state index contributed by atoms with van der Waals surface area (Å²) in [6.07, 6.45) is 0. The minimum Gasteiger partial charge on any atom is -0.496 e. The largest absolute Gasteiger partial charge is 0.496 e. The first kappa shape index (κ1) is 22.0. The van der Waals surface area contributed by atoms with Crippen LogP contribution >= 0.6 is 11.8 Å². The Hall–Kier alpha value is -2.31. The molecule has 0 atom stereocenters. The Morgan fingerprint density at radius 1 is 1.07 bits per heavy atom.